The first kappa shape index (κ1) is 45.3. The molecule has 3 saturated carbocycles. The van der Waals surface area contributed by atoms with Gasteiger partial charge < -0.3 is 78.7 Å². The van der Waals surface area contributed by atoms with Crippen LogP contribution in [0.1, 0.15) is 99.3 Å². The number of aliphatic hydroxyl groups excluding tert-OH is 8. The summed E-state index contributed by atoms with van der Waals surface area (Å²) < 4.78 is 50.1. The van der Waals surface area contributed by atoms with Gasteiger partial charge in [-0.1, -0.05) is 39.3 Å². The molecule has 16 heteroatoms. The molecule has 0 aromatic heterocycles. The molecular weight excluding hydrogens is 796 g/mol. The van der Waals surface area contributed by atoms with Crippen LogP contribution in [0.2, 0.25) is 0 Å². The van der Waals surface area contributed by atoms with Crippen molar-refractivity contribution < 1.29 is 78.7 Å². The molecule has 0 bridgehead atoms. The highest BCUT2D eigenvalue weighted by atomic mass is 16.8. The molecule has 4 aliphatic carbocycles. The van der Waals surface area contributed by atoms with E-state index in [1.807, 2.05) is 0 Å². The number of fused-ring (bicyclic) bond motifs is 7. The first-order valence-corrected chi connectivity index (χ1v) is 23.2. The second kappa shape index (κ2) is 16.8. The Kier molecular flexibility index (Phi) is 12.4. The number of ether oxygens (including phenoxy) is 8. The van der Waals surface area contributed by atoms with Crippen molar-refractivity contribution in [2.75, 3.05) is 13.2 Å². The average Bonchev–Trinajstić information content (AvgIpc) is 3.69. The molecule has 5 aliphatic heterocycles. The Hall–Kier alpha value is -0.900. The Balaban J connectivity index is 0.916. The maximum Gasteiger partial charge on any atom is 0.187 e. The number of rotatable bonds is 7. The molecule has 0 aromatic rings. The Bertz CT molecular complexity index is 1590. The van der Waals surface area contributed by atoms with Gasteiger partial charge in [0.05, 0.1) is 37.6 Å². The van der Waals surface area contributed by atoms with Crippen molar-refractivity contribution in [3.63, 3.8) is 0 Å². The van der Waals surface area contributed by atoms with Crippen LogP contribution in [0.4, 0.5) is 0 Å². The van der Waals surface area contributed by atoms with E-state index >= 15 is 0 Å². The molecule has 61 heavy (non-hydrogen) atoms. The van der Waals surface area contributed by atoms with Crippen LogP contribution in [-0.4, -0.2) is 164 Å². The van der Waals surface area contributed by atoms with Crippen LogP contribution in [0.15, 0.2) is 11.6 Å². The van der Waals surface area contributed by atoms with Gasteiger partial charge in [0.2, 0.25) is 0 Å². The van der Waals surface area contributed by atoms with Crippen molar-refractivity contribution in [1.29, 1.82) is 0 Å². The lowest BCUT2D eigenvalue weighted by Gasteiger charge is -2.58. The molecule has 5 heterocycles. The summed E-state index contributed by atoms with van der Waals surface area (Å²) in [5, 5.41) is 85.9. The van der Waals surface area contributed by atoms with Crippen molar-refractivity contribution in [1.82, 2.24) is 0 Å². The molecule has 26 atom stereocenters. The van der Waals surface area contributed by atoms with Gasteiger partial charge in [-0.3, -0.25) is 0 Å². The van der Waals surface area contributed by atoms with E-state index < -0.39 is 105 Å². The van der Waals surface area contributed by atoms with Gasteiger partial charge in [-0.15, -0.1) is 0 Å². The summed E-state index contributed by atoms with van der Waals surface area (Å²) in [4.78, 5) is 0. The maximum atomic E-state index is 12.0. The molecule has 0 amide bonds. The highest BCUT2D eigenvalue weighted by Crippen LogP contribution is 2.70. The third-order valence-corrected chi connectivity index (χ3v) is 17.6. The number of hydrogen-bond donors (Lipinski definition) is 8. The fourth-order valence-electron chi connectivity index (χ4n) is 14.0. The highest BCUT2D eigenvalue weighted by molar-refractivity contribution is 5.26. The van der Waals surface area contributed by atoms with E-state index in [4.69, 9.17) is 37.9 Å². The van der Waals surface area contributed by atoms with Crippen molar-refractivity contribution in [3.8, 4) is 0 Å². The molecule has 0 unspecified atom stereocenters. The fraction of sp³-hybridized carbons (Fsp3) is 0.956. The van der Waals surface area contributed by atoms with E-state index in [0.29, 0.717) is 48.3 Å². The van der Waals surface area contributed by atoms with Gasteiger partial charge >= 0.3 is 0 Å². The summed E-state index contributed by atoms with van der Waals surface area (Å²) in [6.07, 6.45) is -10.4. The fourth-order valence-corrected chi connectivity index (χ4v) is 14.0. The van der Waals surface area contributed by atoms with Gasteiger partial charge in [-0.2, -0.15) is 0 Å². The number of aliphatic hydroxyl groups is 8. The standard InChI is InChI=1S/C45H72O16/c1-19-9-14-45(54-18-19)20(2)30-28(61-45)16-27-25-8-7-23-15-24(10-12-43(23,5)26(25)11-13-44(27,30)6)57-42-39(60-41-36(52)34(50)32(48)22(4)56-41)37(53)38(29(17-46)58-42)59-40-35(51)33(49)31(47)21(3)55-40/h7,19-22,24-42,46-53H,8-18H2,1-6H3/t19-,20-,21-,22-,24-,25+,26-,27+,28+,29+,30+,31-,32-,33+,34+,35+,36+,37-,38+,39+,40-,41-,42+,43-,44-,45+/m0/s1. The van der Waals surface area contributed by atoms with E-state index in [0.717, 1.165) is 45.1 Å². The Labute approximate surface area is 358 Å². The van der Waals surface area contributed by atoms with Crippen molar-refractivity contribution in [3.05, 3.63) is 11.6 Å². The van der Waals surface area contributed by atoms with Gasteiger partial charge in [0.15, 0.2) is 24.7 Å². The van der Waals surface area contributed by atoms with Crippen LogP contribution in [0.3, 0.4) is 0 Å². The first-order chi connectivity index (χ1) is 28.9. The summed E-state index contributed by atoms with van der Waals surface area (Å²) in [5.41, 5.74) is 1.53. The second-order valence-electron chi connectivity index (χ2n) is 21.1. The van der Waals surface area contributed by atoms with Crippen LogP contribution in [0.5, 0.6) is 0 Å². The highest BCUT2D eigenvalue weighted by Gasteiger charge is 2.69. The number of allylic oxidation sites excluding steroid dienone is 1. The molecule has 0 aromatic carbocycles. The third kappa shape index (κ3) is 7.42. The summed E-state index contributed by atoms with van der Waals surface area (Å²) in [6, 6.07) is 0. The molecule has 0 radical (unpaired) electrons. The van der Waals surface area contributed by atoms with E-state index in [2.05, 4.69) is 33.8 Å². The van der Waals surface area contributed by atoms with Crippen molar-refractivity contribution >= 4 is 0 Å². The van der Waals surface area contributed by atoms with Crippen LogP contribution < -0.4 is 0 Å². The van der Waals surface area contributed by atoms with Gasteiger partial charge in [-0.05, 0) is 106 Å². The molecule has 9 aliphatic rings. The average molecular weight is 869 g/mol. The van der Waals surface area contributed by atoms with E-state index in [9.17, 15) is 40.9 Å². The Morgan fingerprint density at radius 3 is 1.97 bits per heavy atom. The minimum atomic E-state index is -1.71. The van der Waals surface area contributed by atoms with Crippen molar-refractivity contribution in [2.24, 2.45) is 46.3 Å². The zero-order valence-electron chi connectivity index (χ0n) is 36.5. The predicted molar refractivity (Wildman–Crippen MR) is 213 cm³/mol. The molecule has 1 spiro atoms. The molecule has 8 N–H and O–H groups in total. The second-order valence-corrected chi connectivity index (χ2v) is 21.1. The molecule has 348 valence electrons. The smallest absolute Gasteiger partial charge is 0.187 e. The molecule has 5 saturated heterocycles. The van der Waals surface area contributed by atoms with Gasteiger partial charge in [-0.25, -0.2) is 0 Å². The quantitative estimate of drug-likeness (QED) is 0.168. The Morgan fingerprint density at radius 2 is 1.34 bits per heavy atom. The number of hydrogen-bond acceptors (Lipinski definition) is 16. The minimum Gasteiger partial charge on any atom is -0.394 e. The van der Waals surface area contributed by atoms with E-state index in [1.54, 1.807) is 0 Å². The molecular formula is C45H72O16. The normalized spacial score (nSPS) is 58.4. The summed E-state index contributed by atoms with van der Waals surface area (Å²) in [5.74, 6) is 2.64. The largest absolute Gasteiger partial charge is 0.394 e. The maximum absolute atomic E-state index is 12.0. The molecule has 8 fully saturated rings. The Morgan fingerprint density at radius 1 is 0.689 bits per heavy atom. The SMILES string of the molecule is C[C@H]1CC[C@@]2(OC1)O[C@@H]1C[C@@H]3[C@@H]4CC=C5C[C@@H](O[C@@H]6O[C@H](CO)[C@@H](O[C@@H]7O[C@@H](C)[C@H](O)[C@@H](O)[C@H]7O)[C@H](O)[C@H]6O[C@@H]6O[C@@H](C)[C@H](O)[C@@H](O)[C@H]6O)CC[C@]5(C)[C@H]4CC[C@]3(C)[C@@H]1[C@@H]2C. The zero-order valence-corrected chi connectivity index (χ0v) is 36.5. The summed E-state index contributed by atoms with van der Waals surface area (Å²) in [7, 11) is 0. The van der Waals surface area contributed by atoms with Crippen molar-refractivity contribution in [2.45, 2.75) is 209 Å². The molecule has 16 nitrogen and oxygen atoms in total. The predicted octanol–water partition coefficient (Wildman–Crippen LogP) is 1.24. The van der Waals surface area contributed by atoms with Crippen LogP contribution in [0.25, 0.3) is 0 Å². The van der Waals surface area contributed by atoms with Crippen LogP contribution in [0, 0.1) is 46.3 Å². The van der Waals surface area contributed by atoms with Gasteiger partial charge in [0.25, 0.3) is 0 Å². The summed E-state index contributed by atoms with van der Waals surface area (Å²) >= 11 is 0. The first-order valence-electron chi connectivity index (χ1n) is 23.2. The summed E-state index contributed by atoms with van der Waals surface area (Å²) in [6.45, 7) is 12.7. The molecule has 9 rings (SSSR count). The van der Waals surface area contributed by atoms with E-state index in [1.165, 1.54) is 25.8 Å². The van der Waals surface area contributed by atoms with E-state index in [-0.39, 0.29) is 23.0 Å². The zero-order chi connectivity index (χ0) is 43.5. The third-order valence-electron chi connectivity index (χ3n) is 17.6. The lowest BCUT2D eigenvalue weighted by atomic mass is 9.47. The van der Waals surface area contributed by atoms with Crippen LogP contribution in [-0.2, 0) is 37.9 Å². The van der Waals surface area contributed by atoms with Crippen LogP contribution >= 0.6 is 0 Å². The van der Waals surface area contributed by atoms with Gasteiger partial charge in [0, 0.05) is 12.3 Å². The lowest BCUT2D eigenvalue weighted by Crippen LogP contribution is -2.66. The minimum absolute atomic E-state index is 0.0171. The lowest BCUT2D eigenvalue weighted by molar-refractivity contribution is -0.388. The topological polar surface area (TPSA) is 236 Å². The van der Waals surface area contributed by atoms with Gasteiger partial charge in [0.1, 0.15) is 61.0 Å². The monoisotopic (exact) mass is 868 g/mol.